The van der Waals surface area contributed by atoms with Crippen LogP contribution in [-0.4, -0.2) is 20.0 Å². The van der Waals surface area contributed by atoms with Gasteiger partial charge in [-0.1, -0.05) is 12.8 Å². The second kappa shape index (κ2) is 4.80. The molecule has 2 aliphatic rings. The van der Waals surface area contributed by atoms with Crippen molar-refractivity contribution in [1.29, 1.82) is 0 Å². The molecule has 0 unspecified atom stereocenters. The number of carbonyl (C=O) groups excluding carboxylic acids is 1. The number of aliphatic imine (C=N–C) groups is 1. The summed E-state index contributed by atoms with van der Waals surface area (Å²) >= 11 is 0. The topological polar surface area (TPSA) is 57.1 Å². The zero-order valence-corrected chi connectivity index (χ0v) is 11.1. The highest BCUT2D eigenvalue weighted by atomic mass is 19.1. The lowest BCUT2D eigenvalue weighted by Gasteiger charge is -2.25. The van der Waals surface area contributed by atoms with E-state index in [9.17, 15) is 9.18 Å². The van der Waals surface area contributed by atoms with Crippen LogP contribution >= 0.6 is 0 Å². The van der Waals surface area contributed by atoms with Crippen molar-refractivity contribution in [1.82, 2.24) is 0 Å². The molecule has 0 bridgehead atoms. The molecular formula is C14H14FNO4. The molecule has 1 fully saturated rings. The Hall–Kier alpha value is -2.07. The first kappa shape index (κ1) is 12.9. The van der Waals surface area contributed by atoms with Crippen LogP contribution in [0.1, 0.15) is 31.2 Å². The standard InChI is InChI=1S/C14H14FNO4/c1-18-12-9(14(16-7-17)4-2-3-5-14)6-10-13(11(12)15)20-8-19-10/h6H,2-5,8H2,1H3. The zero-order chi connectivity index (χ0) is 14.2. The van der Waals surface area contributed by atoms with Gasteiger partial charge in [0.15, 0.2) is 11.5 Å². The second-order valence-electron chi connectivity index (χ2n) is 4.95. The van der Waals surface area contributed by atoms with Crippen molar-refractivity contribution in [2.24, 2.45) is 4.99 Å². The molecule has 0 radical (unpaired) electrons. The molecule has 1 aliphatic carbocycles. The fraction of sp³-hybridized carbons (Fsp3) is 0.500. The molecule has 1 aromatic carbocycles. The predicted molar refractivity (Wildman–Crippen MR) is 67.3 cm³/mol. The Labute approximate surface area is 115 Å². The van der Waals surface area contributed by atoms with Gasteiger partial charge in [0, 0.05) is 5.56 Å². The van der Waals surface area contributed by atoms with Crippen LogP contribution in [0.3, 0.4) is 0 Å². The summed E-state index contributed by atoms with van der Waals surface area (Å²) in [5.74, 6) is -0.167. The number of nitrogens with zero attached hydrogens (tertiary/aromatic N) is 1. The Balaban J connectivity index is 2.22. The zero-order valence-electron chi connectivity index (χ0n) is 11.1. The Morgan fingerprint density at radius 1 is 1.40 bits per heavy atom. The molecule has 6 heteroatoms. The fourth-order valence-electron chi connectivity index (χ4n) is 3.02. The number of methoxy groups -OCH3 is 1. The lowest BCUT2D eigenvalue weighted by Crippen LogP contribution is -2.20. The molecule has 1 aliphatic heterocycles. The third kappa shape index (κ3) is 1.76. The average Bonchev–Trinajstić information content (AvgIpc) is 3.08. The van der Waals surface area contributed by atoms with E-state index in [0.717, 1.165) is 12.8 Å². The summed E-state index contributed by atoms with van der Waals surface area (Å²) in [5.41, 5.74) is -0.239. The van der Waals surface area contributed by atoms with E-state index >= 15 is 0 Å². The van der Waals surface area contributed by atoms with E-state index in [1.165, 1.54) is 7.11 Å². The van der Waals surface area contributed by atoms with Gasteiger partial charge < -0.3 is 14.2 Å². The summed E-state index contributed by atoms with van der Waals surface area (Å²) in [5, 5.41) is 0. The maximum atomic E-state index is 14.4. The Kier molecular flexibility index (Phi) is 3.10. The Morgan fingerprint density at radius 3 is 2.80 bits per heavy atom. The third-order valence-corrected chi connectivity index (χ3v) is 3.96. The lowest BCUT2D eigenvalue weighted by atomic mass is 9.87. The summed E-state index contributed by atoms with van der Waals surface area (Å²) in [6.45, 7) is -0.0250. The number of hydrogen-bond acceptors (Lipinski definition) is 5. The van der Waals surface area contributed by atoms with Crippen LogP contribution in [0.4, 0.5) is 4.39 Å². The van der Waals surface area contributed by atoms with Crippen molar-refractivity contribution in [3.8, 4) is 17.2 Å². The molecule has 5 nitrogen and oxygen atoms in total. The van der Waals surface area contributed by atoms with E-state index in [-0.39, 0.29) is 18.3 Å². The number of benzene rings is 1. The minimum absolute atomic E-state index is 0.0250. The first-order valence-corrected chi connectivity index (χ1v) is 6.47. The second-order valence-corrected chi connectivity index (χ2v) is 4.95. The van der Waals surface area contributed by atoms with Crippen molar-refractivity contribution in [3.63, 3.8) is 0 Å². The van der Waals surface area contributed by atoms with Gasteiger partial charge in [-0.05, 0) is 18.9 Å². The van der Waals surface area contributed by atoms with Gasteiger partial charge in [0.05, 0.1) is 7.11 Å². The van der Waals surface area contributed by atoms with Crippen LogP contribution in [0.2, 0.25) is 0 Å². The van der Waals surface area contributed by atoms with E-state index < -0.39 is 11.4 Å². The van der Waals surface area contributed by atoms with Gasteiger partial charge in [0.1, 0.15) is 5.54 Å². The maximum absolute atomic E-state index is 14.4. The molecule has 0 spiro atoms. The van der Waals surface area contributed by atoms with Crippen molar-refractivity contribution < 1.29 is 23.4 Å². The average molecular weight is 279 g/mol. The molecule has 0 aromatic heterocycles. The quantitative estimate of drug-likeness (QED) is 0.630. The molecule has 0 saturated heterocycles. The predicted octanol–water partition coefficient (Wildman–Crippen LogP) is 2.67. The van der Waals surface area contributed by atoms with E-state index in [1.807, 2.05) is 0 Å². The molecule has 1 heterocycles. The van der Waals surface area contributed by atoms with Gasteiger partial charge in [-0.15, -0.1) is 0 Å². The van der Waals surface area contributed by atoms with E-state index in [1.54, 1.807) is 12.1 Å². The fourth-order valence-corrected chi connectivity index (χ4v) is 3.02. The van der Waals surface area contributed by atoms with Crippen LogP contribution < -0.4 is 14.2 Å². The van der Waals surface area contributed by atoms with E-state index in [2.05, 4.69) is 4.99 Å². The van der Waals surface area contributed by atoms with Gasteiger partial charge in [0.2, 0.25) is 24.4 Å². The number of hydrogen-bond donors (Lipinski definition) is 0. The first-order chi connectivity index (χ1) is 9.72. The molecule has 1 aromatic rings. The van der Waals surface area contributed by atoms with Crippen molar-refractivity contribution in [2.45, 2.75) is 31.2 Å². The lowest BCUT2D eigenvalue weighted by molar-refractivity contribution is 0.170. The molecule has 1 saturated carbocycles. The number of fused-ring (bicyclic) bond motifs is 1. The van der Waals surface area contributed by atoms with E-state index in [0.29, 0.717) is 24.2 Å². The van der Waals surface area contributed by atoms with Gasteiger partial charge in [-0.3, -0.25) is 0 Å². The molecule has 0 amide bonds. The number of isocyanates is 1. The summed E-state index contributed by atoms with van der Waals surface area (Å²) in [6.07, 6.45) is 4.78. The molecule has 106 valence electrons. The Bertz CT molecular complexity index is 589. The van der Waals surface area contributed by atoms with E-state index in [4.69, 9.17) is 14.2 Å². The van der Waals surface area contributed by atoms with Crippen LogP contribution in [0.15, 0.2) is 11.1 Å². The molecule has 0 N–H and O–H groups in total. The molecule has 3 rings (SSSR count). The van der Waals surface area contributed by atoms with Gasteiger partial charge >= 0.3 is 0 Å². The van der Waals surface area contributed by atoms with Gasteiger partial charge in [-0.25, -0.2) is 4.79 Å². The summed E-state index contributed by atoms with van der Waals surface area (Å²) < 4.78 is 30.0. The minimum atomic E-state index is -0.769. The van der Waals surface area contributed by atoms with Crippen LogP contribution in [0, 0.1) is 5.82 Å². The number of rotatable bonds is 3. The summed E-state index contributed by atoms with van der Waals surface area (Å²) in [7, 11) is 1.39. The monoisotopic (exact) mass is 279 g/mol. The van der Waals surface area contributed by atoms with Crippen LogP contribution in [-0.2, 0) is 10.3 Å². The summed E-state index contributed by atoms with van der Waals surface area (Å²) in [6, 6.07) is 1.66. The summed E-state index contributed by atoms with van der Waals surface area (Å²) in [4.78, 5) is 14.7. The number of halogens is 1. The maximum Gasteiger partial charge on any atom is 0.235 e. The highest BCUT2D eigenvalue weighted by molar-refractivity contribution is 5.56. The molecule has 20 heavy (non-hydrogen) atoms. The van der Waals surface area contributed by atoms with Crippen molar-refractivity contribution in [3.05, 3.63) is 17.4 Å². The normalized spacial score (nSPS) is 18.7. The molecular weight excluding hydrogens is 265 g/mol. The van der Waals surface area contributed by atoms with Gasteiger partial charge in [0.25, 0.3) is 0 Å². The highest BCUT2D eigenvalue weighted by Gasteiger charge is 2.41. The first-order valence-electron chi connectivity index (χ1n) is 6.47. The van der Waals surface area contributed by atoms with Crippen molar-refractivity contribution >= 4 is 6.08 Å². The smallest absolute Gasteiger partial charge is 0.235 e. The van der Waals surface area contributed by atoms with Crippen LogP contribution in [0.25, 0.3) is 0 Å². The SMILES string of the molecule is COc1c(C2(N=C=O)CCCC2)cc2c(c1F)OCO2. The minimum Gasteiger partial charge on any atom is -0.493 e. The number of ether oxygens (including phenoxy) is 3. The largest absolute Gasteiger partial charge is 0.493 e. The van der Waals surface area contributed by atoms with Crippen LogP contribution in [0.5, 0.6) is 17.2 Å². The van der Waals surface area contributed by atoms with Gasteiger partial charge in [-0.2, -0.15) is 9.38 Å². The highest BCUT2D eigenvalue weighted by Crippen LogP contribution is 2.51. The Morgan fingerprint density at radius 2 is 2.15 bits per heavy atom. The molecule has 0 atom stereocenters. The third-order valence-electron chi connectivity index (χ3n) is 3.96. The van der Waals surface area contributed by atoms with Crippen molar-refractivity contribution in [2.75, 3.05) is 13.9 Å².